The Morgan fingerprint density at radius 1 is 1.21 bits per heavy atom. The minimum absolute atomic E-state index is 0.196. The van der Waals surface area contributed by atoms with E-state index in [1.165, 1.54) is 36.5 Å². The van der Waals surface area contributed by atoms with Gasteiger partial charge in [0.25, 0.3) is 11.8 Å². The highest BCUT2D eigenvalue weighted by molar-refractivity contribution is 5.95. The number of halogens is 1. The van der Waals surface area contributed by atoms with E-state index in [4.69, 9.17) is 4.74 Å². The molecule has 0 aliphatic heterocycles. The second kappa shape index (κ2) is 7.63. The zero-order valence-corrected chi connectivity index (χ0v) is 12.1. The van der Waals surface area contributed by atoms with E-state index in [2.05, 4.69) is 4.98 Å². The topological polar surface area (TPSA) is 123 Å². The molecular weight excluding hydrogens is 323 g/mol. The van der Waals surface area contributed by atoms with Crippen LogP contribution in [-0.2, 0) is 4.79 Å². The van der Waals surface area contributed by atoms with Crippen LogP contribution < -0.4 is 15.6 Å². The van der Waals surface area contributed by atoms with Crippen molar-refractivity contribution >= 4 is 17.6 Å². The van der Waals surface area contributed by atoms with Crippen molar-refractivity contribution < 1.29 is 23.6 Å². The number of nitrogens with one attached hydrogen (secondary N) is 2. The zero-order valence-electron chi connectivity index (χ0n) is 12.1. The second-order valence-electron chi connectivity index (χ2n) is 4.35. The highest BCUT2D eigenvalue weighted by Crippen LogP contribution is 2.22. The third kappa shape index (κ3) is 4.22. The third-order valence-electron chi connectivity index (χ3n) is 2.72. The molecule has 2 N–H and O–H groups in total. The first kappa shape index (κ1) is 16.8. The highest BCUT2D eigenvalue weighted by Gasteiger charge is 2.17. The molecule has 124 valence electrons. The summed E-state index contributed by atoms with van der Waals surface area (Å²) in [5.74, 6) is -3.13. The van der Waals surface area contributed by atoms with Crippen molar-refractivity contribution in [2.75, 3.05) is 6.61 Å². The normalized spacial score (nSPS) is 9.88. The quantitative estimate of drug-likeness (QED) is 0.620. The fourth-order valence-corrected chi connectivity index (χ4v) is 1.65. The Kier molecular flexibility index (Phi) is 5.34. The van der Waals surface area contributed by atoms with E-state index in [0.29, 0.717) is 0 Å². The van der Waals surface area contributed by atoms with Gasteiger partial charge in [-0.3, -0.25) is 20.4 Å². The number of hydrogen-bond donors (Lipinski definition) is 2. The Bertz CT molecular complexity index is 783. The van der Waals surface area contributed by atoms with Crippen molar-refractivity contribution in [3.63, 3.8) is 0 Å². The number of pyridine rings is 1. The number of hydrazine groups is 1. The van der Waals surface area contributed by atoms with E-state index < -0.39 is 35.0 Å². The molecule has 0 radical (unpaired) electrons. The lowest BCUT2D eigenvalue weighted by Crippen LogP contribution is -2.44. The van der Waals surface area contributed by atoms with Gasteiger partial charge in [-0.15, -0.1) is 0 Å². The molecule has 0 fully saturated rings. The molecule has 2 rings (SSSR count). The van der Waals surface area contributed by atoms with Gasteiger partial charge in [-0.05, 0) is 34.2 Å². The summed E-state index contributed by atoms with van der Waals surface area (Å²) in [6, 6.07) is 7.90. The number of ether oxygens (including phenoxy) is 1. The molecule has 1 heterocycles. The Labute approximate surface area is 134 Å². The molecule has 1 aromatic carbocycles. The molecule has 10 heteroatoms. The smallest absolute Gasteiger partial charge is 0.406 e. The summed E-state index contributed by atoms with van der Waals surface area (Å²) >= 11 is 0. The predicted molar refractivity (Wildman–Crippen MR) is 78.4 cm³/mol. The van der Waals surface area contributed by atoms with Gasteiger partial charge in [0.05, 0.1) is 5.56 Å². The third-order valence-corrected chi connectivity index (χ3v) is 2.72. The van der Waals surface area contributed by atoms with E-state index >= 15 is 0 Å². The van der Waals surface area contributed by atoms with Crippen molar-refractivity contribution in [3.05, 3.63) is 64.1 Å². The van der Waals surface area contributed by atoms with Gasteiger partial charge in [-0.1, -0.05) is 12.1 Å². The molecule has 0 aliphatic carbocycles. The van der Waals surface area contributed by atoms with E-state index in [0.717, 1.165) is 6.07 Å². The van der Waals surface area contributed by atoms with Crippen LogP contribution in [0.15, 0.2) is 42.6 Å². The molecule has 9 nitrogen and oxygen atoms in total. The molecule has 0 unspecified atom stereocenters. The fourth-order valence-electron chi connectivity index (χ4n) is 1.65. The van der Waals surface area contributed by atoms with Gasteiger partial charge < -0.3 is 14.9 Å². The maximum atomic E-state index is 13.4. The van der Waals surface area contributed by atoms with E-state index in [-0.39, 0.29) is 11.3 Å². The number of nitro groups is 1. The van der Waals surface area contributed by atoms with Gasteiger partial charge in [-0.25, -0.2) is 4.39 Å². The van der Waals surface area contributed by atoms with Gasteiger partial charge in [0.1, 0.15) is 12.0 Å². The van der Waals surface area contributed by atoms with Crippen molar-refractivity contribution in [1.29, 1.82) is 0 Å². The minimum Gasteiger partial charge on any atom is -0.476 e. The predicted octanol–water partition coefficient (Wildman–Crippen LogP) is 0.969. The number of nitrogens with zero attached hydrogens (tertiary/aromatic N) is 2. The van der Waals surface area contributed by atoms with Gasteiger partial charge >= 0.3 is 5.82 Å². The number of benzene rings is 1. The number of carbonyl (C=O) groups excluding carboxylic acids is 2. The van der Waals surface area contributed by atoms with Crippen molar-refractivity contribution in [3.8, 4) is 5.75 Å². The first-order valence-electron chi connectivity index (χ1n) is 6.55. The van der Waals surface area contributed by atoms with Crippen LogP contribution in [0.4, 0.5) is 10.2 Å². The monoisotopic (exact) mass is 334 g/mol. The number of aromatic nitrogens is 1. The van der Waals surface area contributed by atoms with E-state index in [1.54, 1.807) is 0 Å². The van der Waals surface area contributed by atoms with Gasteiger partial charge in [0.15, 0.2) is 6.61 Å². The van der Waals surface area contributed by atoms with Crippen molar-refractivity contribution in [2.45, 2.75) is 0 Å². The molecule has 2 aromatic rings. The summed E-state index contributed by atoms with van der Waals surface area (Å²) in [4.78, 5) is 36.8. The number of carbonyl (C=O) groups is 2. The van der Waals surface area contributed by atoms with Crippen LogP contribution in [0.2, 0.25) is 0 Å². The SMILES string of the molecule is O=C(COc1cccnc1[N+](=O)[O-])NNC(=O)c1ccccc1F. The first-order chi connectivity index (χ1) is 11.5. The molecular formula is C14H11FN4O5. The second-order valence-corrected chi connectivity index (χ2v) is 4.35. The first-order valence-corrected chi connectivity index (χ1v) is 6.55. The van der Waals surface area contributed by atoms with Crippen LogP contribution in [0, 0.1) is 15.9 Å². The largest absolute Gasteiger partial charge is 0.476 e. The van der Waals surface area contributed by atoms with Crippen molar-refractivity contribution in [2.24, 2.45) is 0 Å². The molecule has 2 amide bonds. The Morgan fingerprint density at radius 2 is 1.96 bits per heavy atom. The van der Waals surface area contributed by atoms with Crippen LogP contribution in [0.1, 0.15) is 10.4 Å². The van der Waals surface area contributed by atoms with Gasteiger partial charge in [-0.2, -0.15) is 0 Å². The standard InChI is InChI=1S/C14H11FN4O5/c15-10-5-2-1-4-9(10)14(21)18-17-12(20)8-24-11-6-3-7-16-13(11)19(22)23/h1-7H,8H2,(H,17,20)(H,18,21). The average molecular weight is 334 g/mol. The van der Waals surface area contributed by atoms with Crippen LogP contribution in [0.3, 0.4) is 0 Å². The molecule has 0 atom stereocenters. The fraction of sp³-hybridized carbons (Fsp3) is 0.0714. The summed E-state index contributed by atoms with van der Waals surface area (Å²) in [5.41, 5.74) is 3.76. The molecule has 0 aliphatic rings. The highest BCUT2D eigenvalue weighted by atomic mass is 19.1. The molecule has 1 aromatic heterocycles. The summed E-state index contributed by atoms with van der Waals surface area (Å²) in [7, 11) is 0. The Hall–Kier alpha value is -3.56. The van der Waals surface area contributed by atoms with Crippen LogP contribution in [-0.4, -0.2) is 28.3 Å². The molecule has 0 bridgehead atoms. The van der Waals surface area contributed by atoms with Gasteiger partial charge in [0, 0.05) is 0 Å². The lowest BCUT2D eigenvalue weighted by atomic mass is 10.2. The maximum Gasteiger partial charge on any atom is 0.406 e. The van der Waals surface area contributed by atoms with E-state index in [9.17, 15) is 24.1 Å². The summed E-state index contributed by atoms with van der Waals surface area (Å²) in [6.07, 6.45) is 1.21. The molecule has 24 heavy (non-hydrogen) atoms. The zero-order chi connectivity index (χ0) is 17.5. The van der Waals surface area contributed by atoms with Crippen LogP contribution in [0.5, 0.6) is 5.75 Å². The maximum absolute atomic E-state index is 13.4. The number of rotatable bonds is 5. The number of amides is 2. The Balaban J connectivity index is 1.87. The van der Waals surface area contributed by atoms with E-state index in [1.807, 2.05) is 10.9 Å². The Morgan fingerprint density at radius 3 is 2.67 bits per heavy atom. The lowest BCUT2D eigenvalue weighted by molar-refractivity contribution is -0.390. The van der Waals surface area contributed by atoms with Crippen LogP contribution in [0.25, 0.3) is 0 Å². The van der Waals surface area contributed by atoms with Crippen LogP contribution >= 0.6 is 0 Å². The average Bonchev–Trinajstić information content (AvgIpc) is 2.58. The molecule has 0 spiro atoms. The number of hydrogen-bond acceptors (Lipinski definition) is 6. The summed E-state index contributed by atoms with van der Waals surface area (Å²) < 4.78 is 18.4. The summed E-state index contributed by atoms with van der Waals surface area (Å²) in [5, 5.41) is 10.7. The van der Waals surface area contributed by atoms with Crippen molar-refractivity contribution in [1.82, 2.24) is 15.8 Å². The summed E-state index contributed by atoms with van der Waals surface area (Å²) in [6.45, 7) is -0.607. The minimum atomic E-state index is -0.853. The molecule has 0 saturated heterocycles. The molecule has 0 saturated carbocycles. The lowest BCUT2D eigenvalue weighted by Gasteiger charge is -2.09. The van der Waals surface area contributed by atoms with Gasteiger partial charge in [0.2, 0.25) is 5.75 Å².